The number of carbonyl (C=O) groups excluding carboxylic acids is 1. The van der Waals surface area contributed by atoms with Crippen molar-refractivity contribution in [2.75, 3.05) is 6.61 Å². The standard InChI is InChI=1S/C17H12F6N4O2/c18-16(19,20)13(14-25-3-4-27(14)8-24)9-1-2-12-10(5-9)6-11(7-29-12)26-15(28)17(21,22)23/h1-5,11,13H,6-7H2,(H,26,28)/t11-,13?/m1/s1. The Hall–Kier alpha value is -3.23. The third-order valence-corrected chi connectivity index (χ3v) is 4.28. The van der Waals surface area contributed by atoms with E-state index in [-0.39, 0.29) is 29.9 Å². The Bertz CT molecular complexity index is 960. The topological polar surface area (TPSA) is 79.9 Å². The van der Waals surface area contributed by atoms with E-state index in [0.29, 0.717) is 4.57 Å². The average Bonchev–Trinajstić information content (AvgIpc) is 3.07. The number of fused-ring (bicyclic) bond motifs is 1. The number of aromatic nitrogens is 2. The lowest BCUT2D eigenvalue weighted by atomic mass is 9.92. The smallest absolute Gasteiger partial charge is 0.471 e. The second-order valence-corrected chi connectivity index (χ2v) is 6.28. The molecule has 0 fully saturated rings. The van der Waals surface area contributed by atoms with Gasteiger partial charge in [-0.3, -0.25) is 4.79 Å². The van der Waals surface area contributed by atoms with Gasteiger partial charge in [-0.2, -0.15) is 31.6 Å². The van der Waals surface area contributed by atoms with Crippen LogP contribution in [0.1, 0.15) is 22.9 Å². The number of rotatable bonds is 3. The molecule has 0 saturated heterocycles. The van der Waals surface area contributed by atoms with Crippen LogP contribution in [0.2, 0.25) is 0 Å². The van der Waals surface area contributed by atoms with E-state index in [1.807, 2.05) is 0 Å². The van der Waals surface area contributed by atoms with E-state index in [2.05, 4.69) is 4.98 Å². The molecule has 0 bridgehead atoms. The van der Waals surface area contributed by atoms with Crippen LogP contribution in [0.25, 0.3) is 0 Å². The van der Waals surface area contributed by atoms with Gasteiger partial charge in [0.1, 0.15) is 24.1 Å². The first-order valence-electron chi connectivity index (χ1n) is 8.14. The first-order valence-corrected chi connectivity index (χ1v) is 8.14. The molecule has 1 unspecified atom stereocenters. The highest BCUT2D eigenvalue weighted by Gasteiger charge is 2.45. The number of alkyl halides is 6. The fourth-order valence-electron chi connectivity index (χ4n) is 3.05. The third kappa shape index (κ3) is 4.28. The summed E-state index contributed by atoms with van der Waals surface area (Å²) in [6.45, 7) is -0.254. The number of benzene rings is 1. The van der Waals surface area contributed by atoms with E-state index in [4.69, 9.17) is 10.00 Å². The predicted octanol–water partition coefficient (Wildman–Crippen LogP) is 2.89. The van der Waals surface area contributed by atoms with Crippen molar-refractivity contribution in [3.8, 4) is 11.9 Å². The Morgan fingerprint density at radius 3 is 2.66 bits per heavy atom. The molecule has 1 aromatic carbocycles. The summed E-state index contributed by atoms with van der Waals surface area (Å²) in [4.78, 5) is 14.7. The van der Waals surface area contributed by atoms with Gasteiger partial charge in [0.25, 0.3) is 0 Å². The third-order valence-electron chi connectivity index (χ3n) is 4.28. The zero-order chi connectivity index (χ0) is 21.4. The lowest BCUT2D eigenvalue weighted by molar-refractivity contribution is -0.174. The molecular formula is C17H12F6N4O2. The van der Waals surface area contributed by atoms with Gasteiger partial charge in [0.15, 0.2) is 6.19 Å². The molecule has 29 heavy (non-hydrogen) atoms. The highest BCUT2D eigenvalue weighted by Crippen LogP contribution is 2.41. The molecule has 0 saturated carbocycles. The van der Waals surface area contributed by atoms with Gasteiger partial charge in [-0.15, -0.1) is 0 Å². The minimum atomic E-state index is -5.09. The van der Waals surface area contributed by atoms with E-state index < -0.39 is 36.0 Å². The first-order chi connectivity index (χ1) is 13.5. The molecular weight excluding hydrogens is 406 g/mol. The zero-order valence-corrected chi connectivity index (χ0v) is 14.4. The number of ether oxygens (including phenoxy) is 1. The van der Waals surface area contributed by atoms with Gasteiger partial charge in [0.2, 0.25) is 0 Å². The summed E-state index contributed by atoms with van der Waals surface area (Å²) in [6, 6.07) is 2.50. The molecule has 0 radical (unpaired) electrons. The van der Waals surface area contributed by atoms with Gasteiger partial charge in [-0.1, -0.05) is 12.1 Å². The van der Waals surface area contributed by atoms with Crippen LogP contribution < -0.4 is 10.1 Å². The van der Waals surface area contributed by atoms with Crippen molar-refractivity contribution in [3.63, 3.8) is 0 Å². The molecule has 1 N–H and O–H groups in total. The lowest BCUT2D eigenvalue weighted by Crippen LogP contribution is -2.48. The van der Waals surface area contributed by atoms with E-state index in [1.54, 1.807) is 11.5 Å². The number of hydrogen-bond donors (Lipinski definition) is 1. The molecule has 0 spiro atoms. The number of amides is 1. The first kappa shape index (κ1) is 20.5. The molecule has 2 heterocycles. The van der Waals surface area contributed by atoms with E-state index >= 15 is 0 Å². The van der Waals surface area contributed by atoms with Crippen LogP contribution in [0.3, 0.4) is 0 Å². The normalized spacial score (nSPS) is 17.6. The SMILES string of the molecule is N#Cn1ccnc1C(c1ccc2c(c1)C[C@@H](NC(=O)C(F)(F)F)CO2)C(F)(F)F. The maximum atomic E-state index is 13.7. The molecule has 1 aromatic heterocycles. The fraction of sp³-hybridized carbons (Fsp3) is 0.353. The van der Waals surface area contributed by atoms with Crippen LogP contribution in [0.5, 0.6) is 5.75 Å². The van der Waals surface area contributed by atoms with Gasteiger partial charge < -0.3 is 10.1 Å². The van der Waals surface area contributed by atoms with Gasteiger partial charge >= 0.3 is 18.3 Å². The van der Waals surface area contributed by atoms with Crippen molar-refractivity contribution in [2.24, 2.45) is 0 Å². The van der Waals surface area contributed by atoms with Crippen molar-refractivity contribution in [2.45, 2.75) is 30.7 Å². The predicted molar refractivity (Wildman–Crippen MR) is 84.8 cm³/mol. The Labute approximate surface area is 159 Å². The maximum Gasteiger partial charge on any atom is 0.471 e. The summed E-state index contributed by atoms with van der Waals surface area (Å²) in [5.74, 6) is -4.73. The molecule has 6 nitrogen and oxygen atoms in total. The van der Waals surface area contributed by atoms with Crippen molar-refractivity contribution >= 4 is 5.91 Å². The number of halogens is 6. The van der Waals surface area contributed by atoms with Gasteiger partial charge in [-0.25, -0.2) is 9.55 Å². The van der Waals surface area contributed by atoms with Crippen molar-refractivity contribution < 1.29 is 35.9 Å². The van der Waals surface area contributed by atoms with Crippen LogP contribution in [0.15, 0.2) is 30.6 Å². The van der Waals surface area contributed by atoms with Gasteiger partial charge in [0, 0.05) is 12.4 Å². The van der Waals surface area contributed by atoms with E-state index in [9.17, 15) is 31.1 Å². The molecule has 12 heteroatoms. The largest absolute Gasteiger partial charge is 0.491 e. The number of hydrogen-bond acceptors (Lipinski definition) is 4. The molecule has 2 aromatic rings. The van der Waals surface area contributed by atoms with Crippen LogP contribution in [-0.4, -0.2) is 40.5 Å². The molecule has 1 aliphatic rings. The summed E-state index contributed by atoms with van der Waals surface area (Å²) in [6.07, 6.45) is -6.30. The zero-order valence-electron chi connectivity index (χ0n) is 14.4. The van der Waals surface area contributed by atoms with E-state index in [1.165, 1.54) is 6.07 Å². The minimum Gasteiger partial charge on any atom is -0.491 e. The fourth-order valence-corrected chi connectivity index (χ4v) is 3.05. The Morgan fingerprint density at radius 1 is 1.31 bits per heavy atom. The number of nitrogens with one attached hydrogen (secondary N) is 1. The number of carbonyl (C=O) groups is 1. The van der Waals surface area contributed by atoms with Gasteiger partial charge in [-0.05, 0) is 23.6 Å². The number of imidazole rings is 1. The number of nitriles is 1. The summed E-state index contributed by atoms with van der Waals surface area (Å²) in [5.41, 5.74) is -0.0594. The summed E-state index contributed by atoms with van der Waals surface area (Å²) >= 11 is 0. The monoisotopic (exact) mass is 418 g/mol. The highest BCUT2D eigenvalue weighted by molar-refractivity contribution is 5.82. The summed E-state index contributed by atoms with van der Waals surface area (Å²) < 4.78 is 84.4. The van der Waals surface area contributed by atoms with Crippen LogP contribution in [0.4, 0.5) is 26.3 Å². The lowest BCUT2D eigenvalue weighted by Gasteiger charge is -2.28. The molecule has 0 aliphatic carbocycles. The Balaban J connectivity index is 1.92. The maximum absolute atomic E-state index is 13.7. The molecule has 1 amide bonds. The second-order valence-electron chi connectivity index (χ2n) is 6.28. The Kier molecular flexibility index (Phi) is 5.16. The molecule has 2 atom stereocenters. The van der Waals surface area contributed by atoms with Gasteiger partial charge in [0.05, 0.1) is 6.04 Å². The van der Waals surface area contributed by atoms with Crippen LogP contribution in [0, 0.1) is 11.5 Å². The average molecular weight is 418 g/mol. The minimum absolute atomic E-state index is 0.151. The van der Waals surface area contributed by atoms with Crippen molar-refractivity contribution in [3.05, 3.63) is 47.5 Å². The highest BCUT2D eigenvalue weighted by atomic mass is 19.4. The van der Waals surface area contributed by atoms with Crippen molar-refractivity contribution in [1.82, 2.24) is 14.9 Å². The quantitative estimate of drug-likeness (QED) is 0.778. The van der Waals surface area contributed by atoms with Crippen molar-refractivity contribution in [1.29, 1.82) is 5.26 Å². The molecule has 154 valence electrons. The Morgan fingerprint density at radius 2 is 2.03 bits per heavy atom. The second kappa shape index (κ2) is 7.31. The molecule has 3 rings (SSSR count). The van der Waals surface area contributed by atoms with E-state index in [0.717, 1.165) is 24.5 Å². The summed E-state index contributed by atoms with van der Waals surface area (Å²) in [7, 11) is 0. The molecule has 1 aliphatic heterocycles. The number of nitrogens with zero attached hydrogens (tertiary/aromatic N) is 3. The van der Waals surface area contributed by atoms with Crippen LogP contribution >= 0.6 is 0 Å². The summed E-state index contributed by atoms with van der Waals surface area (Å²) in [5, 5.41) is 10.8. The van der Waals surface area contributed by atoms with Crippen LogP contribution in [-0.2, 0) is 11.2 Å².